The Kier molecular flexibility index (Phi) is 4.49. The number of nitrogens with one attached hydrogen (secondary N) is 2. The Bertz CT molecular complexity index is 787. The van der Waals surface area contributed by atoms with E-state index < -0.39 is 17.3 Å². The number of halogens is 1. The largest absolute Gasteiger partial charge is 0.384 e. The van der Waals surface area contributed by atoms with Crippen molar-refractivity contribution in [2.45, 2.75) is 0 Å². The zero-order chi connectivity index (χ0) is 15.2. The zero-order valence-electron chi connectivity index (χ0n) is 10.8. The molecule has 0 bridgehead atoms. The van der Waals surface area contributed by atoms with Crippen molar-refractivity contribution in [2.75, 3.05) is 11.9 Å². The van der Waals surface area contributed by atoms with Crippen molar-refractivity contribution in [3.8, 4) is 11.8 Å². The van der Waals surface area contributed by atoms with Gasteiger partial charge in [-0.25, -0.2) is 4.39 Å². The van der Waals surface area contributed by atoms with E-state index in [0.29, 0.717) is 0 Å². The van der Waals surface area contributed by atoms with Gasteiger partial charge in [-0.15, -0.1) is 0 Å². The molecule has 106 valence electrons. The Morgan fingerprint density at radius 2 is 2.14 bits per heavy atom. The Hall–Kier alpha value is -2.91. The SMILES string of the molecule is O=C(Nc1ccc(F)cc1C#CCO)c1cccc(=O)[nH]1. The number of benzene rings is 1. The Morgan fingerprint density at radius 1 is 1.33 bits per heavy atom. The van der Waals surface area contributed by atoms with Gasteiger partial charge in [0.1, 0.15) is 18.1 Å². The van der Waals surface area contributed by atoms with E-state index in [1.165, 1.54) is 30.3 Å². The van der Waals surface area contributed by atoms with Crippen molar-refractivity contribution in [1.82, 2.24) is 4.98 Å². The molecule has 2 rings (SSSR count). The van der Waals surface area contributed by atoms with E-state index in [2.05, 4.69) is 22.1 Å². The number of carbonyl (C=O) groups excluding carboxylic acids is 1. The Balaban J connectivity index is 2.31. The molecule has 1 aromatic heterocycles. The number of aromatic nitrogens is 1. The topological polar surface area (TPSA) is 82.2 Å². The fourth-order valence-corrected chi connectivity index (χ4v) is 1.63. The molecule has 0 atom stereocenters. The number of amides is 1. The minimum Gasteiger partial charge on any atom is -0.384 e. The van der Waals surface area contributed by atoms with Crippen molar-refractivity contribution in [1.29, 1.82) is 0 Å². The third-order valence-electron chi connectivity index (χ3n) is 2.54. The summed E-state index contributed by atoms with van der Waals surface area (Å²) in [5, 5.41) is 11.2. The van der Waals surface area contributed by atoms with Crippen LogP contribution in [0.25, 0.3) is 0 Å². The van der Waals surface area contributed by atoms with Crippen LogP contribution in [-0.2, 0) is 0 Å². The zero-order valence-corrected chi connectivity index (χ0v) is 10.8. The maximum Gasteiger partial charge on any atom is 0.272 e. The molecule has 0 spiro atoms. The number of hydrogen-bond acceptors (Lipinski definition) is 3. The van der Waals surface area contributed by atoms with Crippen LogP contribution in [0.4, 0.5) is 10.1 Å². The van der Waals surface area contributed by atoms with Gasteiger partial charge >= 0.3 is 0 Å². The third-order valence-corrected chi connectivity index (χ3v) is 2.54. The van der Waals surface area contributed by atoms with E-state index in [4.69, 9.17) is 5.11 Å². The number of H-pyrrole nitrogens is 1. The summed E-state index contributed by atoms with van der Waals surface area (Å²) >= 11 is 0. The highest BCUT2D eigenvalue weighted by Gasteiger charge is 2.09. The fourth-order valence-electron chi connectivity index (χ4n) is 1.63. The molecule has 1 amide bonds. The van der Waals surface area contributed by atoms with Gasteiger partial charge in [-0.05, 0) is 24.3 Å². The van der Waals surface area contributed by atoms with Crippen LogP contribution in [0.1, 0.15) is 16.1 Å². The molecular weight excluding hydrogens is 275 g/mol. The molecule has 1 aromatic carbocycles. The van der Waals surface area contributed by atoms with Gasteiger partial charge in [0.2, 0.25) is 5.56 Å². The standard InChI is InChI=1S/C15H11FN2O3/c16-11-6-7-12(10(9-11)3-2-8-19)18-15(21)13-4-1-5-14(20)17-13/h1,4-7,9,19H,8H2,(H,17,20)(H,18,21). The molecule has 0 unspecified atom stereocenters. The predicted molar refractivity (Wildman–Crippen MR) is 75.4 cm³/mol. The predicted octanol–water partition coefficient (Wildman–Crippen LogP) is 1.11. The molecule has 0 aliphatic rings. The minimum atomic E-state index is -0.550. The number of aliphatic hydroxyl groups excluding tert-OH is 1. The van der Waals surface area contributed by atoms with Crippen LogP contribution in [-0.4, -0.2) is 22.6 Å². The van der Waals surface area contributed by atoms with E-state index >= 15 is 0 Å². The second-order valence-corrected chi connectivity index (χ2v) is 4.03. The van der Waals surface area contributed by atoms with Crippen molar-refractivity contribution < 1.29 is 14.3 Å². The smallest absolute Gasteiger partial charge is 0.272 e. The monoisotopic (exact) mass is 286 g/mol. The second kappa shape index (κ2) is 6.50. The quantitative estimate of drug-likeness (QED) is 0.723. The Labute approximate surface area is 119 Å². The fraction of sp³-hybridized carbons (Fsp3) is 0.0667. The van der Waals surface area contributed by atoms with Gasteiger partial charge in [-0.1, -0.05) is 17.9 Å². The van der Waals surface area contributed by atoms with Crippen molar-refractivity contribution >= 4 is 11.6 Å². The summed E-state index contributed by atoms with van der Waals surface area (Å²) in [6.07, 6.45) is 0. The summed E-state index contributed by atoms with van der Waals surface area (Å²) < 4.78 is 13.2. The first-order valence-electron chi connectivity index (χ1n) is 6.00. The van der Waals surface area contributed by atoms with Gasteiger partial charge < -0.3 is 15.4 Å². The lowest BCUT2D eigenvalue weighted by molar-refractivity contribution is 0.102. The molecule has 0 aliphatic heterocycles. The number of aliphatic hydroxyl groups is 1. The van der Waals surface area contributed by atoms with E-state index in [-0.39, 0.29) is 23.6 Å². The van der Waals surface area contributed by atoms with E-state index in [1.54, 1.807) is 0 Å². The van der Waals surface area contributed by atoms with Crippen molar-refractivity contribution in [3.05, 3.63) is 63.8 Å². The summed E-state index contributed by atoms with van der Waals surface area (Å²) in [5.41, 5.74) is 0.192. The maximum atomic E-state index is 13.2. The number of pyridine rings is 1. The average molecular weight is 286 g/mol. The molecule has 2 aromatic rings. The van der Waals surface area contributed by atoms with E-state index in [9.17, 15) is 14.0 Å². The summed E-state index contributed by atoms with van der Waals surface area (Å²) in [5.74, 6) is 3.87. The van der Waals surface area contributed by atoms with E-state index in [0.717, 1.165) is 6.07 Å². The summed E-state index contributed by atoms with van der Waals surface area (Å²) in [7, 11) is 0. The first kappa shape index (κ1) is 14.5. The van der Waals surface area contributed by atoms with Gasteiger partial charge in [0.05, 0.1) is 11.3 Å². The summed E-state index contributed by atoms with van der Waals surface area (Å²) in [4.78, 5) is 25.6. The van der Waals surface area contributed by atoms with Gasteiger partial charge in [0.15, 0.2) is 0 Å². The third kappa shape index (κ3) is 3.78. The molecule has 0 saturated carbocycles. The molecule has 1 heterocycles. The average Bonchev–Trinajstić information content (AvgIpc) is 2.47. The first-order valence-corrected chi connectivity index (χ1v) is 6.00. The molecular formula is C15H11FN2O3. The lowest BCUT2D eigenvalue weighted by atomic mass is 10.1. The van der Waals surface area contributed by atoms with Crippen LogP contribution in [0.2, 0.25) is 0 Å². The number of hydrogen-bond donors (Lipinski definition) is 3. The highest BCUT2D eigenvalue weighted by Crippen LogP contribution is 2.16. The lowest BCUT2D eigenvalue weighted by Gasteiger charge is -2.07. The highest BCUT2D eigenvalue weighted by atomic mass is 19.1. The highest BCUT2D eigenvalue weighted by molar-refractivity contribution is 6.03. The second-order valence-electron chi connectivity index (χ2n) is 4.03. The molecule has 21 heavy (non-hydrogen) atoms. The lowest BCUT2D eigenvalue weighted by Crippen LogP contribution is -2.18. The summed E-state index contributed by atoms with van der Waals surface area (Å²) in [6, 6.07) is 7.85. The van der Waals surface area contributed by atoms with Crippen LogP contribution in [0.3, 0.4) is 0 Å². The number of rotatable bonds is 2. The van der Waals surface area contributed by atoms with Crippen LogP contribution in [0.5, 0.6) is 0 Å². The van der Waals surface area contributed by atoms with Crippen LogP contribution >= 0.6 is 0 Å². The molecule has 0 fully saturated rings. The van der Waals surface area contributed by atoms with Crippen molar-refractivity contribution in [2.24, 2.45) is 0 Å². The molecule has 3 N–H and O–H groups in total. The van der Waals surface area contributed by atoms with Gasteiger partial charge in [0.25, 0.3) is 5.91 Å². The Morgan fingerprint density at radius 3 is 2.86 bits per heavy atom. The molecule has 0 aliphatic carbocycles. The first-order chi connectivity index (χ1) is 10.1. The normalized spacial score (nSPS) is 9.62. The van der Waals surface area contributed by atoms with E-state index in [1.807, 2.05) is 0 Å². The number of anilines is 1. The van der Waals surface area contributed by atoms with Gasteiger partial charge in [-0.2, -0.15) is 0 Å². The van der Waals surface area contributed by atoms with Gasteiger partial charge in [0, 0.05) is 6.07 Å². The molecule has 6 heteroatoms. The van der Waals surface area contributed by atoms with Crippen molar-refractivity contribution in [3.63, 3.8) is 0 Å². The van der Waals surface area contributed by atoms with Crippen LogP contribution < -0.4 is 10.9 Å². The van der Waals surface area contributed by atoms with Gasteiger partial charge in [-0.3, -0.25) is 9.59 Å². The number of carbonyl (C=O) groups is 1. The molecule has 0 saturated heterocycles. The minimum absolute atomic E-state index is 0.0768. The molecule has 0 radical (unpaired) electrons. The summed E-state index contributed by atoms with van der Waals surface area (Å²) in [6.45, 7) is -0.379. The van der Waals surface area contributed by atoms with Crippen LogP contribution in [0.15, 0.2) is 41.2 Å². The maximum absolute atomic E-state index is 13.2. The van der Waals surface area contributed by atoms with Crippen LogP contribution in [0, 0.1) is 17.7 Å². The molecule has 5 nitrogen and oxygen atoms in total. The number of aromatic amines is 1.